The fourth-order valence-electron chi connectivity index (χ4n) is 0.844. The van der Waals surface area contributed by atoms with Gasteiger partial charge in [-0.3, -0.25) is 4.79 Å². The van der Waals surface area contributed by atoms with Gasteiger partial charge in [-0.25, -0.2) is 0 Å². The van der Waals surface area contributed by atoms with Gasteiger partial charge >= 0.3 is 0 Å². The molecular weight excluding hydrogens is 140 g/mol. The van der Waals surface area contributed by atoms with E-state index in [9.17, 15) is 4.79 Å². The third kappa shape index (κ3) is 9.43. The Morgan fingerprint density at radius 3 is 2.64 bits per heavy atom. The second-order valence-electron chi connectivity index (χ2n) is 2.53. The van der Waals surface area contributed by atoms with Gasteiger partial charge < -0.3 is 10.6 Å². The van der Waals surface area contributed by atoms with E-state index in [1.54, 1.807) is 0 Å². The van der Waals surface area contributed by atoms with Crippen molar-refractivity contribution in [3.63, 3.8) is 0 Å². The molecule has 1 amide bonds. The highest BCUT2D eigenvalue weighted by Gasteiger charge is 1.85. The first-order chi connectivity index (χ1) is 5.41. The number of unbranched alkanes of at least 4 members (excludes halogenated alkanes) is 2. The smallest absolute Gasteiger partial charge is 0.207 e. The summed E-state index contributed by atoms with van der Waals surface area (Å²) >= 11 is 0. The Labute approximate surface area is 68.6 Å². The van der Waals surface area contributed by atoms with Crippen molar-refractivity contribution in [1.29, 1.82) is 0 Å². The summed E-state index contributed by atoms with van der Waals surface area (Å²) in [5, 5.41) is 5.83. The van der Waals surface area contributed by atoms with Crippen molar-refractivity contribution in [2.24, 2.45) is 0 Å². The zero-order valence-electron chi connectivity index (χ0n) is 7.23. The largest absolute Gasteiger partial charge is 0.357 e. The summed E-state index contributed by atoms with van der Waals surface area (Å²) in [6.07, 6.45) is 4.51. The maximum atomic E-state index is 9.80. The number of amides is 1. The fourth-order valence-corrected chi connectivity index (χ4v) is 0.844. The second-order valence-corrected chi connectivity index (χ2v) is 2.53. The maximum absolute atomic E-state index is 9.80. The molecule has 0 heterocycles. The standard InChI is InChI=1S/C8H18N2O/c1-2-3-4-5-9-6-7-10-8-11/h8-9H,2-7H2,1H3,(H,10,11). The van der Waals surface area contributed by atoms with Gasteiger partial charge in [-0.15, -0.1) is 0 Å². The lowest BCUT2D eigenvalue weighted by Crippen LogP contribution is -2.26. The minimum atomic E-state index is 0.730. The molecule has 0 radical (unpaired) electrons. The normalized spacial score (nSPS) is 9.55. The highest BCUT2D eigenvalue weighted by atomic mass is 16.1. The molecule has 0 saturated heterocycles. The van der Waals surface area contributed by atoms with Crippen molar-refractivity contribution in [3.8, 4) is 0 Å². The molecule has 0 aliphatic rings. The molecule has 0 rings (SSSR count). The minimum Gasteiger partial charge on any atom is -0.357 e. The average molecular weight is 158 g/mol. The molecule has 0 fully saturated rings. The molecule has 11 heavy (non-hydrogen) atoms. The second kappa shape index (κ2) is 9.43. The van der Waals surface area contributed by atoms with Gasteiger partial charge in [0.05, 0.1) is 0 Å². The van der Waals surface area contributed by atoms with Crippen molar-refractivity contribution >= 4 is 6.41 Å². The Bertz CT molecular complexity index is 86.2. The lowest BCUT2D eigenvalue weighted by molar-refractivity contribution is -0.109. The fraction of sp³-hybridized carbons (Fsp3) is 0.875. The first-order valence-electron chi connectivity index (χ1n) is 4.29. The number of hydrogen-bond donors (Lipinski definition) is 2. The molecule has 0 atom stereocenters. The van der Waals surface area contributed by atoms with Gasteiger partial charge in [0, 0.05) is 13.1 Å². The van der Waals surface area contributed by atoms with Gasteiger partial charge in [0.15, 0.2) is 0 Å². The summed E-state index contributed by atoms with van der Waals surface area (Å²) in [5.74, 6) is 0. The van der Waals surface area contributed by atoms with Gasteiger partial charge in [-0.2, -0.15) is 0 Å². The number of carbonyl (C=O) groups excluding carboxylic acids is 1. The summed E-state index contributed by atoms with van der Waals surface area (Å²) in [4.78, 5) is 9.80. The van der Waals surface area contributed by atoms with E-state index in [0.29, 0.717) is 0 Å². The van der Waals surface area contributed by atoms with Crippen LogP contribution in [0, 0.1) is 0 Å². The third-order valence-corrected chi connectivity index (χ3v) is 1.49. The van der Waals surface area contributed by atoms with Crippen LogP contribution in [-0.2, 0) is 4.79 Å². The molecule has 0 aliphatic carbocycles. The summed E-state index contributed by atoms with van der Waals surface area (Å²) in [6.45, 7) is 4.86. The van der Waals surface area contributed by atoms with E-state index in [2.05, 4.69) is 17.6 Å². The van der Waals surface area contributed by atoms with Crippen molar-refractivity contribution in [1.82, 2.24) is 10.6 Å². The SMILES string of the molecule is CCCCCNCCNC=O. The van der Waals surface area contributed by atoms with Crippen LogP contribution in [0.25, 0.3) is 0 Å². The van der Waals surface area contributed by atoms with Gasteiger partial charge in [-0.05, 0) is 13.0 Å². The summed E-state index contributed by atoms with van der Waals surface area (Å²) in [5.41, 5.74) is 0. The Balaban J connectivity index is 2.74. The molecule has 0 aromatic heterocycles. The van der Waals surface area contributed by atoms with Gasteiger partial charge in [0.25, 0.3) is 0 Å². The predicted molar refractivity (Wildman–Crippen MR) is 46.5 cm³/mol. The molecule has 66 valence electrons. The minimum absolute atomic E-state index is 0.730. The summed E-state index contributed by atoms with van der Waals surface area (Å²) in [7, 11) is 0. The van der Waals surface area contributed by atoms with Gasteiger partial charge in [-0.1, -0.05) is 19.8 Å². The van der Waals surface area contributed by atoms with Crippen molar-refractivity contribution in [3.05, 3.63) is 0 Å². The zero-order chi connectivity index (χ0) is 8.36. The summed E-state index contributed by atoms with van der Waals surface area (Å²) < 4.78 is 0. The molecule has 0 aromatic carbocycles. The topological polar surface area (TPSA) is 41.1 Å². The highest BCUT2D eigenvalue weighted by molar-refractivity contribution is 5.45. The maximum Gasteiger partial charge on any atom is 0.207 e. The predicted octanol–water partition coefficient (Wildman–Crippen LogP) is 0.512. The molecular formula is C8H18N2O. The first-order valence-corrected chi connectivity index (χ1v) is 4.29. The Hall–Kier alpha value is -0.570. The van der Waals surface area contributed by atoms with Crippen molar-refractivity contribution < 1.29 is 4.79 Å². The van der Waals surface area contributed by atoms with Crippen LogP contribution < -0.4 is 10.6 Å². The van der Waals surface area contributed by atoms with Gasteiger partial charge in [0.1, 0.15) is 0 Å². The van der Waals surface area contributed by atoms with Gasteiger partial charge in [0.2, 0.25) is 6.41 Å². The number of rotatable bonds is 8. The van der Waals surface area contributed by atoms with E-state index in [4.69, 9.17) is 0 Å². The van der Waals surface area contributed by atoms with Crippen LogP contribution in [0.5, 0.6) is 0 Å². The van der Waals surface area contributed by atoms with E-state index in [1.165, 1.54) is 19.3 Å². The van der Waals surface area contributed by atoms with Crippen LogP contribution in [0.4, 0.5) is 0 Å². The quantitative estimate of drug-likeness (QED) is 0.399. The molecule has 0 aliphatic heterocycles. The van der Waals surface area contributed by atoms with Crippen LogP contribution in [0.1, 0.15) is 26.2 Å². The van der Waals surface area contributed by atoms with E-state index >= 15 is 0 Å². The molecule has 3 heteroatoms. The van der Waals surface area contributed by atoms with Crippen LogP contribution in [0.2, 0.25) is 0 Å². The Morgan fingerprint density at radius 2 is 2.00 bits per heavy atom. The molecule has 0 aromatic rings. The van der Waals surface area contributed by atoms with E-state index in [1.807, 2.05) is 0 Å². The van der Waals surface area contributed by atoms with Crippen LogP contribution >= 0.6 is 0 Å². The number of hydrogen-bond acceptors (Lipinski definition) is 2. The average Bonchev–Trinajstić information content (AvgIpc) is 2.03. The van der Waals surface area contributed by atoms with E-state index in [0.717, 1.165) is 26.0 Å². The number of nitrogens with one attached hydrogen (secondary N) is 2. The van der Waals surface area contributed by atoms with Crippen LogP contribution in [0.15, 0.2) is 0 Å². The molecule has 0 spiro atoms. The van der Waals surface area contributed by atoms with Crippen molar-refractivity contribution in [2.75, 3.05) is 19.6 Å². The van der Waals surface area contributed by atoms with Crippen LogP contribution in [-0.4, -0.2) is 26.0 Å². The Kier molecular flexibility index (Phi) is 8.94. The van der Waals surface area contributed by atoms with E-state index < -0.39 is 0 Å². The molecule has 0 unspecified atom stereocenters. The molecule has 2 N–H and O–H groups in total. The first kappa shape index (κ1) is 10.4. The zero-order valence-corrected chi connectivity index (χ0v) is 7.23. The van der Waals surface area contributed by atoms with Crippen molar-refractivity contribution in [2.45, 2.75) is 26.2 Å². The number of carbonyl (C=O) groups is 1. The highest BCUT2D eigenvalue weighted by Crippen LogP contribution is 1.90. The molecule has 3 nitrogen and oxygen atoms in total. The lowest BCUT2D eigenvalue weighted by Gasteiger charge is -2.02. The van der Waals surface area contributed by atoms with Crippen LogP contribution in [0.3, 0.4) is 0 Å². The van der Waals surface area contributed by atoms with E-state index in [-0.39, 0.29) is 0 Å². The lowest BCUT2D eigenvalue weighted by atomic mass is 10.2. The third-order valence-electron chi connectivity index (χ3n) is 1.49. The Morgan fingerprint density at radius 1 is 1.18 bits per heavy atom. The summed E-state index contributed by atoms with van der Waals surface area (Å²) in [6, 6.07) is 0. The molecule has 0 bridgehead atoms. The molecule has 0 saturated carbocycles. The monoisotopic (exact) mass is 158 g/mol.